The van der Waals surface area contributed by atoms with Crippen molar-refractivity contribution in [3.8, 4) is 5.75 Å². The third-order valence-electron chi connectivity index (χ3n) is 6.01. The molecule has 1 aliphatic rings. The first-order valence-corrected chi connectivity index (χ1v) is 11.9. The van der Waals surface area contributed by atoms with Gasteiger partial charge in [0.05, 0.1) is 11.6 Å². The molecule has 1 amide bonds. The summed E-state index contributed by atoms with van der Waals surface area (Å²) in [5, 5.41) is 10.8. The Labute approximate surface area is 211 Å². The first-order chi connectivity index (χ1) is 17.4. The van der Waals surface area contributed by atoms with Gasteiger partial charge in [0, 0.05) is 13.1 Å². The number of aliphatic hydroxyl groups is 1. The van der Waals surface area contributed by atoms with Gasteiger partial charge in [0.25, 0.3) is 5.91 Å². The summed E-state index contributed by atoms with van der Waals surface area (Å²) in [4.78, 5) is 29.9. The van der Waals surface area contributed by atoms with Crippen molar-refractivity contribution in [3.63, 3.8) is 0 Å². The summed E-state index contributed by atoms with van der Waals surface area (Å²) in [7, 11) is 3.82. The van der Waals surface area contributed by atoms with Gasteiger partial charge in [-0.25, -0.2) is 0 Å². The number of carbonyl (C=O) groups excluding carboxylic acids is 2. The molecule has 4 rings (SSSR count). The molecule has 0 aromatic heterocycles. The number of ether oxygens (including phenoxy) is 1. The van der Waals surface area contributed by atoms with Gasteiger partial charge >= 0.3 is 0 Å². The van der Waals surface area contributed by atoms with Gasteiger partial charge in [0.2, 0.25) is 0 Å². The monoisotopic (exact) mass is 482 g/mol. The number of aliphatic hydroxyl groups excluding tert-OH is 1. The number of hydrogen-bond acceptors (Lipinski definition) is 5. The fourth-order valence-corrected chi connectivity index (χ4v) is 4.13. The molecule has 0 radical (unpaired) electrons. The van der Waals surface area contributed by atoms with Gasteiger partial charge in [-0.2, -0.15) is 0 Å². The second-order valence-electron chi connectivity index (χ2n) is 8.92. The third kappa shape index (κ3) is 5.90. The molecule has 6 nitrogen and oxygen atoms in total. The van der Waals surface area contributed by atoms with E-state index in [-0.39, 0.29) is 5.57 Å². The SMILES string of the molecule is CN(C)CCN1C(=O)C(O)=C(C(=O)C=Cc2ccccc2)C1c1cccc(OCc2ccccc2)c1. The standard InChI is InChI=1S/C30H30N2O4/c1-31(2)18-19-32-28(24-14-9-15-25(20-24)36-21-23-12-7-4-8-13-23)27(29(34)30(32)35)26(33)17-16-22-10-5-3-6-11-22/h3-17,20,28,34H,18-19,21H2,1-2H3. The molecular formula is C30H30N2O4. The van der Waals surface area contributed by atoms with Crippen LogP contribution in [0.25, 0.3) is 6.08 Å². The number of nitrogens with zero attached hydrogens (tertiary/aromatic N) is 2. The van der Waals surface area contributed by atoms with Crippen molar-refractivity contribution < 1.29 is 19.4 Å². The van der Waals surface area contributed by atoms with Crippen LogP contribution in [0.3, 0.4) is 0 Å². The second kappa shape index (κ2) is 11.5. The highest BCUT2D eigenvalue weighted by Crippen LogP contribution is 2.39. The lowest BCUT2D eigenvalue weighted by Crippen LogP contribution is -2.36. The molecular weight excluding hydrogens is 452 g/mol. The summed E-state index contributed by atoms with van der Waals surface area (Å²) < 4.78 is 5.99. The van der Waals surface area contributed by atoms with Crippen molar-refractivity contribution in [1.29, 1.82) is 0 Å². The number of hydrogen-bond donors (Lipinski definition) is 1. The first kappa shape index (κ1) is 24.9. The number of carbonyl (C=O) groups is 2. The van der Waals surface area contributed by atoms with E-state index >= 15 is 0 Å². The first-order valence-electron chi connectivity index (χ1n) is 11.9. The fraction of sp³-hybridized carbons (Fsp3) is 0.200. The molecule has 1 aliphatic heterocycles. The average Bonchev–Trinajstić information content (AvgIpc) is 3.16. The van der Waals surface area contributed by atoms with Gasteiger partial charge in [0.1, 0.15) is 12.4 Å². The zero-order chi connectivity index (χ0) is 25.5. The highest BCUT2D eigenvalue weighted by molar-refractivity contribution is 6.14. The Morgan fingerprint density at radius 1 is 1.00 bits per heavy atom. The number of rotatable bonds is 10. The zero-order valence-electron chi connectivity index (χ0n) is 20.5. The Balaban J connectivity index is 1.64. The topological polar surface area (TPSA) is 70.1 Å². The number of allylic oxidation sites excluding steroid dienone is 1. The van der Waals surface area contributed by atoms with Crippen molar-refractivity contribution in [3.05, 3.63) is 119 Å². The van der Waals surface area contributed by atoms with E-state index in [1.165, 1.54) is 6.08 Å². The van der Waals surface area contributed by atoms with Crippen molar-refractivity contribution in [2.45, 2.75) is 12.6 Å². The third-order valence-corrected chi connectivity index (χ3v) is 6.01. The molecule has 36 heavy (non-hydrogen) atoms. The lowest BCUT2D eigenvalue weighted by atomic mass is 9.95. The largest absolute Gasteiger partial charge is 0.503 e. The number of benzene rings is 3. The molecule has 0 aliphatic carbocycles. The van der Waals surface area contributed by atoms with Gasteiger partial charge in [-0.15, -0.1) is 0 Å². The van der Waals surface area contributed by atoms with Crippen molar-refractivity contribution in [1.82, 2.24) is 9.80 Å². The van der Waals surface area contributed by atoms with E-state index in [0.717, 1.165) is 11.1 Å². The van der Waals surface area contributed by atoms with Gasteiger partial charge in [-0.3, -0.25) is 9.59 Å². The van der Waals surface area contributed by atoms with Crippen LogP contribution in [0, 0.1) is 0 Å². The Bertz CT molecular complexity index is 1270. The molecule has 184 valence electrons. The average molecular weight is 483 g/mol. The maximum absolute atomic E-state index is 13.3. The summed E-state index contributed by atoms with van der Waals surface area (Å²) in [6.07, 6.45) is 3.10. The Morgan fingerprint density at radius 2 is 1.69 bits per heavy atom. The molecule has 0 fully saturated rings. The van der Waals surface area contributed by atoms with E-state index in [4.69, 9.17) is 4.74 Å². The summed E-state index contributed by atoms with van der Waals surface area (Å²) in [5.74, 6) is -0.835. The van der Waals surface area contributed by atoms with Crippen LogP contribution in [0.15, 0.2) is 102 Å². The van der Waals surface area contributed by atoms with Crippen LogP contribution < -0.4 is 4.74 Å². The molecule has 1 atom stereocenters. The van der Waals surface area contributed by atoms with E-state index in [1.807, 2.05) is 104 Å². The fourth-order valence-electron chi connectivity index (χ4n) is 4.13. The van der Waals surface area contributed by atoms with Crippen molar-refractivity contribution >= 4 is 17.8 Å². The molecule has 1 N–H and O–H groups in total. The molecule has 1 heterocycles. The normalized spacial score (nSPS) is 15.8. The summed E-state index contributed by atoms with van der Waals surface area (Å²) >= 11 is 0. The minimum atomic E-state index is -0.717. The van der Waals surface area contributed by atoms with Crippen LogP contribution in [0.4, 0.5) is 0 Å². The molecule has 0 saturated heterocycles. The van der Waals surface area contributed by atoms with E-state index in [0.29, 0.717) is 31.0 Å². The van der Waals surface area contributed by atoms with E-state index < -0.39 is 23.5 Å². The molecule has 0 saturated carbocycles. The van der Waals surface area contributed by atoms with E-state index in [9.17, 15) is 14.7 Å². The number of ketones is 1. The Morgan fingerprint density at radius 3 is 2.39 bits per heavy atom. The minimum Gasteiger partial charge on any atom is -0.503 e. The number of amides is 1. The number of likely N-dealkylation sites (N-methyl/N-ethyl adjacent to an activating group) is 1. The predicted molar refractivity (Wildman–Crippen MR) is 140 cm³/mol. The minimum absolute atomic E-state index is 0.0751. The molecule has 3 aromatic rings. The second-order valence-corrected chi connectivity index (χ2v) is 8.92. The summed E-state index contributed by atoms with van der Waals surface area (Å²) in [6.45, 7) is 1.33. The van der Waals surface area contributed by atoms with Gasteiger partial charge in [-0.1, -0.05) is 78.9 Å². The molecule has 0 bridgehead atoms. The lowest BCUT2D eigenvalue weighted by Gasteiger charge is -2.28. The molecule has 3 aromatic carbocycles. The maximum Gasteiger partial charge on any atom is 0.290 e. The molecule has 6 heteroatoms. The van der Waals surface area contributed by atoms with Crippen molar-refractivity contribution in [2.24, 2.45) is 0 Å². The molecule has 1 unspecified atom stereocenters. The van der Waals surface area contributed by atoms with Crippen LogP contribution in [-0.4, -0.2) is 53.8 Å². The van der Waals surface area contributed by atoms with E-state index in [2.05, 4.69) is 0 Å². The smallest absolute Gasteiger partial charge is 0.290 e. The van der Waals surface area contributed by atoms with Gasteiger partial charge in [0.15, 0.2) is 11.5 Å². The zero-order valence-corrected chi connectivity index (χ0v) is 20.5. The van der Waals surface area contributed by atoms with Crippen LogP contribution in [0.1, 0.15) is 22.7 Å². The maximum atomic E-state index is 13.3. The van der Waals surface area contributed by atoms with Gasteiger partial charge < -0.3 is 19.6 Å². The quantitative estimate of drug-likeness (QED) is 0.420. The summed E-state index contributed by atoms with van der Waals surface area (Å²) in [6, 6.07) is 25.9. The Hall–Kier alpha value is -4.16. The van der Waals surface area contributed by atoms with E-state index in [1.54, 1.807) is 11.0 Å². The van der Waals surface area contributed by atoms with Crippen molar-refractivity contribution in [2.75, 3.05) is 27.2 Å². The highest BCUT2D eigenvalue weighted by Gasteiger charge is 2.42. The predicted octanol–water partition coefficient (Wildman–Crippen LogP) is 4.81. The summed E-state index contributed by atoms with van der Waals surface area (Å²) in [5.41, 5.74) is 2.66. The van der Waals surface area contributed by atoms with Crippen LogP contribution in [0.5, 0.6) is 5.75 Å². The van der Waals surface area contributed by atoms with Crippen LogP contribution in [0.2, 0.25) is 0 Å². The molecule has 0 spiro atoms. The van der Waals surface area contributed by atoms with Gasteiger partial charge in [-0.05, 0) is 49.0 Å². The van der Waals surface area contributed by atoms with Crippen LogP contribution in [-0.2, 0) is 16.2 Å². The Kier molecular flexibility index (Phi) is 7.98. The van der Waals surface area contributed by atoms with Crippen LogP contribution >= 0.6 is 0 Å². The lowest BCUT2D eigenvalue weighted by molar-refractivity contribution is -0.129. The highest BCUT2D eigenvalue weighted by atomic mass is 16.5.